The molecule has 480 valence electrons. The number of amides is 4. The van der Waals surface area contributed by atoms with Gasteiger partial charge in [-0.05, 0) is 108 Å². The number of alkyl carbamates (subject to hydrolysis) is 1. The Labute approximate surface area is 500 Å². The zero-order valence-electron chi connectivity index (χ0n) is 49.9. The third kappa shape index (κ3) is 22.1. The van der Waals surface area contributed by atoms with E-state index in [2.05, 4.69) is 31.6 Å². The Bertz CT molecular complexity index is 2640. The Morgan fingerprint density at radius 1 is 0.756 bits per heavy atom. The molecule has 0 radical (unpaired) electrons. The van der Waals surface area contributed by atoms with Crippen LogP contribution >= 0.6 is 0 Å². The Kier molecular flexibility index (Phi) is 28.4. The highest BCUT2D eigenvalue weighted by Gasteiger charge is 2.53. The number of aryl methyl sites for hydroxylation is 1. The van der Waals surface area contributed by atoms with Crippen LogP contribution in [0.15, 0.2) is 59.9 Å². The van der Waals surface area contributed by atoms with Gasteiger partial charge in [0.2, 0.25) is 17.7 Å². The molecular formula is C57H88BF2N9O17. The molecule has 1 saturated heterocycles. The van der Waals surface area contributed by atoms with Gasteiger partial charge in [0.1, 0.15) is 41.8 Å². The zero-order valence-corrected chi connectivity index (χ0v) is 49.9. The summed E-state index contributed by atoms with van der Waals surface area (Å²) in [5.74, 6) is -0.974. The fraction of sp³-hybridized carbons (Fsp3) is 0.649. The lowest BCUT2D eigenvalue weighted by atomic mass is 9.87. The van der Waals surface area contributed by atoms with Crippen molar-refractivity contribution in [1.29, 1.82) is 0 Å². The highest BCUT2D eigenvalue weighted by atomic mass is 19.2. The normalized spacial score (nSPS) is 21.0. The molecule has 1 fully saturated rings. The summed E-state index contributed by atoms with van der Waals surface area (Å²) in [6.07, 6.45) is -0.355. The van der Waals surface area contributed by atoms with Crippen molar-refractivity contribution in [3.63, 3.8) is 0 Å². The smallest absolute Gasteiger partial charge is 0.444 e. The number of benzene rings is 1. The predicted octanol–water partition coefficient (Wildman–Crippen LogP) is 0.979. The van der Waals surface area contributed by atoms with Crippen LogP contribution < -0.4 is 26.1 Å². The van der Waals surface area contributed by atoms with Crippen molar-refractivity contribution in [2.75, 3.05) is 111 Å². The van der Waals surface area contributed by atoms with Crippen molar-refractivity contribution in [2.24, 2.45) is 0 Å². The van der Waals surface area contributed by atoms with Gasteiger partial charge in [0.25, 0.3) is 0 Å². The second-order valence-corrected chi connectivity index (χ2v) is 22.1. The molecule has 0 aliphatic carbocycles. The highest BCUT2D eigenvalue weighted by molar-refractivity contribution is 6.56. The molecule has 29 heteroatoms. The van der Waals surface area contributed by atoms with Gasteiger partial charge in [0.05, 0.1) is 117 Å². The van der Waals surface area contributed by atoms with Gasteiger partial charge in [0, 0.05) is 49.0 Å². The van der Waals surface area contributed by atoms with Crippen molar-refractivity contribution in [1.82, 2.24) is 35.4 Å². The van der Waals surface area contributed by atoms with Crippen LogP contribution in [-0.2, 0) is 76.4 Å². The van der Waals surface area contributed by atoms with E-state index in [9.17, 15) is 39.6 Å². The van der Waals surface area contributed by atoms with Gasteiger partial charge in [-0.3, -0.25) is 14.4 Å². The number of fused-ring (bicyclic) bond motifs is 2. The molecule has 86 heavy (non-hydrogen) atoms. The van der Waals surface area contributed by atoms with Gasteiger partial charge in [-0.15, -0.1) is 5.10 Å². The van der Waals surface area contributed by atoms with Crippen molar-refractivity contribution in [2.45, 2.75) is 134 Å². The molecular weight excluding hydrogens is 1130 g/mol. The fourth-order valence-corrected chi connectivity index (χ4v) is 9.85. The minimum Gasteiger partial charge on any atom is -0.444 e. The lowest BCUT2D eigenvalue weighted by Crippen LogP contribution is -3.23. The quantitative estimate of drug-likeness (QED) is 0.0284. The summed E-state index contributed by atoms with van der Waals surface area (Å²) in [6.45, 7) is 9.43. The molecule has 4 amide bonds. The summed E-state index contributed by atoms with van der Waals surface area (Å²) in [4.78, 5) is 51.4. The molecule has 3 aliphatic heterocycles. The number of hydrogen-bond acceptors (Lipinski definition) is 19. The Morgan fingerprint density at radius 3 is 2.02 bits per heavy atom. The van der Waals surface area contributed by atoms with Crippen LogP contribution in [-0.4, -0.2) is 219 Å². The van der Waals surface area contributed by atoms with E-state index < -0.39 is 67.9 Å². The summed E-state index contributed by atoms with van der Waals surface area (Å²) in [5, 5.41) is 59.6. The number of hydrogen-bond donors (Lipinski definition) is 9. The molecule has 9 N–H and O–H groups in total. The van der Waals surface area contributed by atoms with Crippen molar-refractivity contribution < 1.29 is 95.7 Å². The maximum absolute atomic E-state index is 16.0. The minimum atomic E-state index is -4.05. The lowest BCUT2D eigenvalue weighted by molar-refractivity contribution is -0.780. The molecule has 6 rings (SSSR count). The van der Waals surface area contributed by atoms with Crippen molar-refractivity contribution in [3.05, 3.63) is 82.6 Å². The van der Waals surface area contributed by atoms with Crippen LogP contribution in [0.5, 0.6) is 0 Å². The number of nitrogens with zero attached hydrogens (tertiary/aromatic N) is 4. The van der Waals surface area contributed by atoms with Gasteiger partial charge >= 0.3 is 13.1 Å². The maximum Gasteiger partial charge on any atom is 0.664 e. The molecule has 0 saturated carbocycles. The molecule has 0 bridgehead atoms. The van der Waals surface area contributed by atoms with Crippen LogP contribution in [0.4, 0.5) is 19.1 Å². The summed E-state index contributed by atoms with van der Waals surface area (Å²) in [5.41, 5.74) is 3.29. The number of aliphatic hydroxyl groups excluding tert-OH is 4. The first kappa shape index (κ1) is 69.3. The minimum absolute atomic E-state index is 0.0263. The van der Waals surface area contributed by atoms with E-state index in [-0.39, 0.29) is 61.7 Å². The number of halogens is 2. The molecule has 8 atom stereocenters. The number of aromatic nitrogens is 4. The van der Waals surface area contributed by atoms with E-state index in [0.29, 0.717) is 140 Å². The second-order valence-electron chi connectivity index (χ2n) is 22.1. The largest absolute Gasteiger partial charge is 0.664 e. The standard InChI is InChI=1S/C57H88BF2N9O17/c1-39-34-40(2)68-47(39)35-45-14-13-44(69(45)58(68,59)60)15-16-49(71)63-36-43-37-67(66-65-43)46(54(76)64-42-11-9-41(10-12-42)17-22-84-55-53(75)52(74)51(73)48(38-70)85-55)8-6-7-19-61-50(72)18-21-78-24-26-80-28-30-82-32-33-83-31-29-81-27-25-79-23-20-62-56(77)86-57(3,4)5/h9-14,34-35,37,40,46,48,51-53,55,68,70,73-75H,6-8,15-33,36,38H2,1-5H3,(H,61,72)(H,62,77)(H,63,71)(H,64,76)/t40?,46?,48-,51-,52+,53-,55-/m1/s1. The van der Waals surface area contributed by atoms with Gasteiger partial charge in [-0.25, -0.2) is 9.48 Å². The third-order valence-corrected chi connectivity index (χ3v) is 14.2. The molecule has 26 nitrogen and oxygen atoms in total. The second kappa shape index (κ2) is 35.3. The van der Waals surface area contributed by atoms with Crippen LogP contribution in [0.2, 0.25) is 0 Å². The number of rotatable bonds is 39. The molecule has 3 aromatic rings. The number of aliphatic hydroxyl groups is 4. The number of ether oxygens (including phenoxy) is 9. The number of nitrogens with one attached hydrogen (secondary N) is 5. The third-order valence-electron chi connectivity index (χ3n) is 14.2. The Hall–Kier alpha value is -5.80. The summed E-state index contributed by atoms with van der Waals surface area (Å²) in [7, 11) is 0. The first-order valence-corrected chi connectivity index (χ1v) is 29.4. The number of carbonyl (C=O) groups is 4. The first-order valence-electron chi connectivity index (χ1n) is 29.4. The van der Waals surface area contributed by atoms with E-state index in [4.69, 9.17) is 42.6 Å². The highest BCUT2D eigenvalue weighted by Crippen LogP contribution is 2.29. The first-order chi connectivity index (χ1) is 41.2. The molecule has 3 aliphatic rings. The monoisotopic (exact) mass is 1220 g/mol. The number of carbonyl (C=O) groups excluding carboxylic acids is 4. The molecule has 5 heterocycles. The van der Waals surface area contributed by atoms with Gasteiger partial charge < -0.3 is 102 Å². The van der Waals surface area contributed by atoms with E-state index in [1.807, 2.05) is 13.0 Å². The average molecular weight is 1220 g/mol. The zero-order chi connectivity index (χ0) is 62.1. The number of quaternary nitrogens is 1. The average Bonchev–Trinajstić information content (AvgIpc) is 1.92. The van der Waals surface area contributed by atoms with E-state index in [0.717, 1.165) is 15.6 Å². The Morgan fingerprint density at radius 2 is 1.38 bits per heavy atom. The van der Waals surface area contributed by atoms with Crippen LogP contribution in [0.3, 0.4) is 0 Å². The van der Waals surface area contributed by atoms with Crippen molar-refractivity contribution >= 4 is 42.5 Å². The lowest BCUT2D eigenvalue weighted by Gasteiger charge is -2.41. The van der Waals surface area contributed by atoms with Crippen LogP contribution in [0.25, 0.3) is 6.08 Å². The topological polar surface area (TPSA) is 320 Å². The predicted molar refractivity (Wildman–Crippen MR) is 308 cm³/mol. The molecule has 3 unspecified atom stereocenters. The Balaban J connectivity index is 0.859. The van der Waals surface area contributed by atoms with Gasteiger partial charge in [0.15, 0.2) is 6.29 Å². The summed E-state index contributed by atoms with van der Waals surface area (Å²) < 4.78 is 83.7. The summed E-state index contributed by atoms with van der Waals surface area (Å²) in [6, 6.07) is 9.01. The molecule has 1 aromatic carbocycles. The fourth-order valence-electron chi connectivity index (χ4n) is 9.85. The van der Waals surface area contributed by atoms with E-state index >= 15 is 8.63 Å². The molecule has 2 aromatic heterocycles. The van der Waals surface area contributed by atoms with Gasteiger partial charge in [-0.1, -0.05) is 17.3 Å². The van der Waals surface area contributed by atoms with Crippen LogP contribution in [0, 0.1) is 0 Å². The van der Waals surface area contributed by atoms with Gasteiger partial charge in [-0.2, -0.15) is 0 Å². The number of anilines is 1. The summed E-state index contributed by atoms with van der Waals surface area (Å²) >= 11 is 0. The van der Waals surface area contributed by atoms with Crippen LogP contribution in [0.1, 0.15) is 95.4 Å². The number of allylic oxidation sites excluding steroid dienone is 1. The van der Waals surface area contributed by atoms with E-state index in [1.165, 1.54) is 4.68 Å². The van der Waals surface area contributed by atoms with Crippen molar-refractivity contribution in [3.8, 4) is 0 Å². The number of unbranched alkanes of at least 4 members (excludes halogenated alkanes) is 1. The molecule has 0 spiro atoms. The maximum atomic E-state index is 16.0. The van der Waals surface area contributed by atoms with E-state index in [1.54, 1.807) is 76.4 Å². The SMILES string of the molecule is CC1=CC(C)[NH+]2C1=Cc1ccc(CCC(=O)NCc3cn(C(CCCCNC(=O)CCOCCOCCOCCOCCOCCOCCNC(=O)OC(C)(C)C)C(=O)Nc4ccc(CCO[C@@H]5O[C@H](CO)[C@@H](O)[C@H](O)[C@H]5O)cc4)nn3)n1[B-]2(F)F.